The molecule has 1 heterocycles. The number of carbonyl (C=O) groups excluding carboxylic acids is 1. The Morgan fingerprint density at radius 3 is 2.07 bits per heavy atom. The highest BCUT2D eigenvalue weighted by molar-refractivity contribution is 6.09. The Hall–Kier alpha value is -3.79. The van der Waals surface area contributed by atoms with Gasteiger partial charge in [0.1, 0.15) is 5.92 Å². The van der Waals surface area contributed by atoms with E-state index in [0.29, 0.717) is 11.3 Å². The zero-order valence-electron chi connectivity index (χ0n) is 15.6. The minimum absolute atomic E-state index is 0.376. The first-order chi connectivity index (χ1) is 14.2. The number of fused-ring (bicyclic) bond motifs is 1. The quantitative estimate of drug-likeness (QED) is 0.379. The summed E-state index contributed by atoms with van der Waals surface area (Å²) in [6.45, 7) is 0. The molecule has 142 valence electrons. The number of carboxylic acid groups (broad SMARTS) is 1. The molecule has 2 atom stereocenters. The van der Waals surface area contributed by atoms with Crippen LogP contribution in [0.15, 0.2) is 97.2 Å². The lowest BCUT2D eigenvalue weighted by Crippen LogP contribution is -2.31. The van der Waals surface area contributed by atoms with Crippen LogP contribution in [0.3, 0.4) is 0 Å². The molecule has 0 fully saturated rings. The van der Waals surface area contributed by atoms with E-state index in [4.69, 9.17) is 0 Å². The van der Waals surface area contributed by atoms with Crippen molar-refractivity contribution in [1.29, 1.82) is 0 Å². The fourth-order valence-corrected chi connectivity index (χ4v) is 3.75. The molecule has 29 heavy (non-hydrogen) atoms. The van der Waals surface area contributed by atoms with Crippen molar-refractivity contribution in [2.45, 2.75) is 5.92 Å². The van der Waals surface area contributed by atoms with Crippen LogP contribution in [0.5, 0.6) is 0 Å². The van der Waals surface area contributed by atoms with Gasteiger partial charge in [-0.2, -0.15) is 0 Å². The van der Waals surface area contributed by atoms with Crippen molar-refractivity contribution in [3.8, 4) is 0 Å². The van der Waals surface area contributed by atoms with E-state index in [-0.39, 0.29) is 0 Å². The van der Waals surface area contributed by atoms with Crippen LogP contribution in [-0.4, -0.2) is 21.8 Å². The zero-order valence-corrected chi connectivity index (χ0v) is 15.6. The number of nitrogens with zero attached hydrogens (tertiary/aromatic N) is 1. The molecular weight excluding hydrogens is 362 g/mol. The third-order valence-corrected chi connectivity index (χ3v) is 5.10. The summed E-state index contributed by atoms with van der Waals surface area (Å²) >= 11 is 0. The maximum Gasteiger partial charge on any atom is 0.315 e. The van der Waals surface area contributed by atoms with Gasteiger partial charge in [-0.15, -0.1) is 0 Å². The average Bonchev–Trinajstić information content (AvgIpc) is 2.77. The van der Waals surface area contributed by atoms with Crippen LogP contribution in [0.2, 0.25) is 0 Å². The highest BCUT2D eigenvalue weighted by atomic mass is 16.4. The second-order valence-electron chi connectivity index (χ2n) is 6.85. The number of benzene rings is 3. The Balaban J connectivity index is 1.94. The highest BCUT2D eigenvalue weighted by Crippen LogP contribution is 2.36. The number of hydrogen-bond donors (Lipinski definition) is 1. The Bertz CT molecular complexity index is 1150. The van der Waals surface area contributed by atoms with Crippen molar-refractivity contribution in [3.05, 3.63) is 114 Å². The van der Waals surface area contributed by atoms with E-state index in [2.05, 4.69) is 4.98 Å². The summed E-state index contributed by atoms with van der Waals surface area (Å²) in [5.41, 5.74) is 1.71. The first-order valence-electron chi connectivity index (χ1n) is 9.37. The third kappa shape index (κ3) is 3.65. The van der Waals surface area contributed by atoms with E-state index >= 15 is 0 Å². The standard InChI is InChI=1S/C25H19NO3/c27-24(19-12-5-2-6-13-19)22(25(28)29)21(18-10-3-1-4-11-18)23-20-14-8-7-9-17(20)15-16-26-23/h1-16,21-22H,(H,28,29). The smallest absolute Gasteiger partial charge is 0.315 e. The van der Waals surface area contributed by atoms with Crippen molar-refractivity contribution in [2.24, 2.45) is 5.92 Å². The SMILES string of the molecule is O=C(O)C(C(=O)c1ccccc1)C(c1ccccc1)c1nccc2ccccc12. The number of pyridine rings is 1. The number of ketones is 1. The fourth-order valence-electron chi connectivity index (χ4n) is 3.75. The second-order valence-corrected chi connectivity index (χ2v) is 6.85. The molecule has 2 unspecified atom stereocenters. The van der Waals surface area contributed by atoms with Crippen molar-refractivity contribution in [1.82, 2.24) is 4.98 Å². The molecule has 0 amide bonds. The Morgan fingerprint density at radius 2 is 1.38 bits per heavy atom. The Kier molecular flexibility index (Phi) is 5.16. The second kappa shape index (κ2) is 8.07. The molecule has 4 aromatic rings. The number of rotatable bonds is 6. The minimum Gasteiger partial charge on any atom is -0.481 e. The van der Waals surface area contributed by atoms with Gasteiger partial charge in [0.15, 0.2) is 5.78 Å². The topological polar surface area (TPSA) is 67.3 Å². The predicted molar refractivity (Wildman–Crippen MR) is 112 cm³/mol. The summed E-state index contributed by atoms with van der Waals surface area (Å²) in [7, 11) is 0. The van der Waals surface area contributed by atoms with Gasteiger partial charge in [-0.05, 0) is 17.0 Å². The van der Waals surface area contributed by atoms with Crippen LogP contribution in [0.4, 0.5) is 0 Å². The van der Waals surface area contributed by atoms with E-state index in [1.807, 2.05) is 60.7 Å². The number of carboxylic acids is 1. The predicted octanol–water partition coefficient (Wildman–Crippen LogP) is 4.95. The van der Waals surface area contributed by atoms with Crippen LogP contribution in [0, 0.1) is 5.92 Å². The van der Waals surface area contributed by atoms with Gasteiger partial charge >= 0.3 is 5.97 Å². The molecule has 1 N–H and O–H groups in total. The monoisotopic (exact) mass is 381 g/mol. The van der Waals surface area contributed by atoms with Gasteiger partial charge in [0.05, 0.1) is 5.69 Å². The molecular formula is C25H19NO3. The fraction of sp³-hybridized carbons (Fsp3) is 0.0800. The molecule has 0 saturated carbocycles. The summed E-state index contributed by atoms with van der Waals surface area (Å²) in [5.74, 6) is -3.60. The van der Waals surface area contributed by atoms with Crippen LogP contribution < -0.4 is 0 Å². The van der Waals surface area contributed by atoms with Gasteiger partial charge in [0, 0.05) is 23.1 Å². The molecule has 0 bridgehead atoms. The van der Waals surface area contributed by atoms with Crippen molar-refractivity contribution >= 4 is 22.5 Å². The van der Waals surface area contributed by atoms with Gasteiger partial charge in [-0.25, -0.2) is 0 Å². The summed E-state index contributed by atoms with van der Waals surface area (Å²) < 4.78 is 0. The Labute approximate surface area is 168 Å². The van der Waals surface area contributed by atoms with E-state index in [1.54, 1.807) is 36.5 Å². The zero-order chi connectivity index (χ0) is 20.2. The van der Waals surface area contributed by atoms with Crippen molar-refractivity contribution in [2.75, 3.05) is 0 Å². The molecule has 3 aromatic carbocycles. The molecule has 0 radical (unpaired) electrons. The maximum absolute atomic E-state index is 13.3. The van der Waals surface area contributed by atoms with Crippen LogP contribution in [0.25, 0.3) is 10.8 Å². The normalized spacial score (nSPS) is 13.0. The molecule has 0 aliphatic carbocycles. The number of Topliss-reactive ketones (excluding diaryl/α,β-unsaturated/α-hetero) is 1. The van der Waals surface area contributed by atoms with Crippen molar-refractivity contribution < 1.29 is 14.7 Å². The molecule has 0 aliphatic rings. The van der Waals surface area contributed by atoms with E-state index in [9.17, 15) is 14.7 Å². The van der Waals surface area contributed by atoms with Gasteiger partial charge in [-0.3, -0.25) is 14.6 Å². The summed E-state index contributed by atoms with van der Waals surface area (Å²) in [6.07, 6.45) is 1.67. The molecule has 0 spiro atoms. The van der Waals surface area contributed by atoms with Gasteiger partial charge < -0.3 is 5.11 Å². The van der Waals surface area contributed by atoms with E-state index in [0.717, 1.165) is 16.3 Å². The molecule has 4 rings (SSSR count). The summed E-state index contributed by atoms with van der Waals surface area (Å²) in [4.78, 5) is 30.2. The number of aliphatic carboxylic acids is 1. The highest BCUT2D eigenvalue weighted by Gasteiger charge is 2.38. The van der Waals surface area contributed by atoms with Gasteiger partial charge in [0.25, 0.3) is 0 Å². The minimum atomic E-state index is -1.29. The number of hydrogen-bond acceptors (Lipinski definition) is 3. The van der Waals surface area contributed by atoms with Crippen molar-refractivity contribution in [3.63, 3.8) is 0 Å². The lowest BCUT2D eigenvalue weighted by atomic mass is 9.78. The van der Waals surface area contributed by atoms with Crippen LogP contribution >= 0.6 is 0 Å². The van der Waals surface area contributed by atoms with Crippen LogP contribution in [-0.2, 0) is 4.79 Å². The van der Waals surface area contributed by atoms with Crippen LogP contribution in [0.1, 0.15) is 27.5 Å². The first kappa shape index (κ1) is 18.6. The molecule has 4 nitrogen and oxygen atoms in total. The largest absolute Gasteiger partial charge is 0.481 e. The molecule has 0 saturated heterocycles. The lowest BCUT2D eigenvalue weighted by molar-refractivity contribution is -0.140. The third-order valence-electron chi connectivity index (χ3n) is 5.10. The summed E-state index contributed by atoms with van der Waals surface area (Å²) in [5, 5.41) is 11.9. The average molecular weight is 381 g/mol. The molecule has 1 aromatic heterocycles. The Morgan fingerprint density at radius 1 is 0.759 bits per heavy atom. The van der Waals surface area contributed by atoms with E-state index < -0.39 is 23.6 Å². The van der Waals surface area contributed by atoms with Gasteiger partial charge in [-0.1, -0.05) is 84.9 Å². The maximum atomic E-state index is 13.3. The van der Waals surface area contributed by atoms with Gasteiger partial charge in [0.2, 0.25) is 0 Å². The van der Waals surface area contributed by atoms with E-state index in [1.165, 1.54) is 0 Å². The summed E-state index contributed by atoms with van der Waals surface area (Å²) in [6, 6.07) is 27.4. The lowest BCUT2D eigenvalue weighted by Gasteiger charge is -2.24. The first-order valence-corrected chi connectivity index (χ1v) is 9.37. The molecule has 4 heteroatoms. The molecule has 0 aliphatic heterocycles. The number of carbonyl (C=O) groups is 2. The number of aromatic nitrogens is 1.